The summed E-state index contributed by atoms with van der Waals surface area (Å²) in [6.07, 6.45) is 3.67. The van der Waals surface area contributed by atoms with E-state index in [2.05, 4.69) is 57.8 Å². The number of likely N-dealkylation sites (tertiary alicyclic amines) is 1. The zero-order valence-corrected chi connectivity index (χ0v) is 15.2. The fourth-order valence-corrected chi connectivity index (χ4v) is 3.65. The van der Waals surface area contributed by atoms with Gasteiger partial charge in [-0.15, -0.1) is 11.8 Å². The lowest BCUT2D eigenvalue weighted by molar-refractivity contribution is 0.206. The zero-order valence-electron chi connectivity index (χ0n) is 14.4. The van der Waals surface area contributed by atoms with Crippen LogP contribution < -0.4 is 10.6 Å². The highest BCUT2D eigenvalue weighted by atomic mass is 32.2. The van der Waals surface area contributed by atoms with Gasteiger partial charge in [0, 0.05) is 43.4 Å². The Labute approximate surface area is 145 Å². The summed E-state index contributed by atoms with van der Waals surface area (Å²) in [6, 6.07) is 11.1. The first-order valence-electron chi connectivity index (χ1n) is 8.69. The minimum absolute atomic E-state index is 0.552. The third-order valence-electron chi connectivity index (χ3n) is 4.10. The Balaban J connectivity index is 1.62. The number of nitrogens with one attached hydrogen (secondary N) is 2. The fourth-order valence-electron chi connectivity index (χ4n) is 2.86. The predicted molar refractivity (Wildman–Crippen MR) is 101 cm³/mol. The second kappa shape index (κ2) is 10.6. The van der Waals surface area contributed by atoms with E-state index < -0.39 is 0 Å². The third kappa shape index (κ3) is 6.83. The molecule has 0 unspecified atom stereocenters. The van der Waals surface area contributed by atoms with E-state index in [0.29, 0.717) is 6.04 Å². The molecule has 0 amide bonds. The van der Waals surface area contributed by atoms with Crippen molar-refractivity contribution in [1.82, 2.24) is 15.5 Å². The highest BCUT2D eigenvalue weighted by Crippen LogP contribution is 2.15. The van der Waals surface area contributed by atoms with Gasteiger partial charge >= 0.3 is 0 Å². The van der Waals surface area contributed by atoms with E-state index in [1.54, 1.807) is 0 Å². The van der Waals surface area contributed by atoms with Crippen molar-refractivity contribution in [3.05, 3.63) is 30.3 Å². The number of aliphatic imine (C=N–C) groups is 1. The first kappa shape index (κ1) is 18.1. The molecule has 2 rings (SSSR count). The third-order valence-corrected chi connectivity index (χ3v) is 5.11. The quantitative estimate of drug-likeness (QED) is 0.348. The number of hydrogen-bond donors (Lipinski definition) is 2. The van der Waals surface area contributed by atoms with Crippen LogP contribution in [0.25, 0.3) is 0 Å². The monoisotopic (exact) mass is 334 g/mol. The van der Waals surface area contributed by atoms with Gasteiger partial charge in [-0.05, 0) is 37.9 Å². The summed E-state index contributed by atoms with van der Waals surface area (Å²) in [4.78, 5) is 8.23. The van der Waals surface area contributed by atoms with Crippen LogP contribution in [0, 0.1) is 0 Å². The SMILES string of the molecule is CCCN1CCC(NC(=NC)NCCSc2ccccc2)CC1. The number of rotatable bonds is 7. The van der Waals surface area contributed by atoms with Crippen LogP contribution in [0.1, 0.15) is 26.2 Å². The lowest BCUT2D eigenvalue weighted by atomic mass is 10.1. The van der Waals surface area contributed by atoms with Gasteiger partial charge in [-0.3, -0.25) is 4.99 Å². The van der Waals surface area contributed by atoms with Gasteiger partial charge in [0.05, 0.1) is 0 Å². The summed E-state index contributed by atoms with van der Waals surface area (Å²) in [5, 5.41) is 7.00. The number of benzene rings is 1. The highest BCUT2D eigenvalue weighted by Gasteiger charge is 2.19. The van der Waals surface area contributed by atoms with Gasteiger partial charge in [0.15, 0.2) is 5.96 Å². The first-order chi connectivity index (χ1) is 11.3. The molecule has 0 radical (unpaired) electrons. The topological polar surface area (TPSA) is 39.7 Å². The molecule has 1 aromatic carbocycles. The highest BCUT2D eigenvalue weighted by molar-refractivity contribution is 7.99. The molecule has 5 heteroatoms. The van der Waals surface area contributed by atoms with E-state index in [9.17, 15) is 0 Å². The lowest BCUT2D eigenvalue weighted by Crippen LogP contribution is -2.49. The van der Waals surface area contributed by atoms with E-state index in [0.717, 1.165) is 18.3 Å². The molecule has 1 saturated heterocycles. The molecular formula is C18H30N4S. The van der Waals surface area contributed by atoms with Crippen LogP contribution in [0.5, 0.6) is 0 Å². The molecule has 23 heavy (non-hydrogen) atoms. The molecule has 0 saturated carbocycles. The molecule has 0 aliphatic carbocycles. The summed E-state index contributed by atoms with van der Waals surface area (Å²) in [5.74, 6) is 1.98. The van der Waals surface area contributed by atoms with Gasteiger partial charge in [-0.1, -0.05) is 25.1 Å². The largest absolute Gasteiger partial charge is 0.356 e. The standard InChI is InChI=1S/C18H30N4S/c1-3-12-22-13-9-16(10-14-22)21-18(19-2)20-11-15-23-17-7-5-4-6-8-17/h4-8,16H,3,9-15H2,1-2H3,(H2,19,20,21). The minimum Gasteiger partial charge on any atom is -0.356 e. The van der Waals surface area contributed by atoms with Crippen LogP contribution in [0.15, 0.2) is 40.2 Å². The lowest BCUT2D eigenvalue weighted by Gasteiger charge is -2.32. The molecule has 0 bridgehead atoms. The van der Waals surface area contributed by atoms with Gasteiger partial charge in [0.1, 0.15) is 0 Å². The predicted octanol–water partition coefficient (Wildman–Crippen LogP) is 2.82. The van der Waals surface area contributed by atoms with Gasteiger partial charge in [0.2, 0.25) is 0 Å². The molecule has 2 N–H and O–H groups in total. The fraction of sp³-hybridized carbons (Fsp3) is 0.611. The number of thioether (sulfide) groups is 1. The van der Waals surface area contributed by atoms with E-state index >= 15 is 0 Å². The van der Waals surface area contributed by atoms with E-state index in [1.165, 1.54) is 43.8 Å². The minimum atomic E-state index is 0.552. The number of piperidine rings is 1. The molecular weight excluding hydrogens is 304 g/mol. The van der Waals surface area contributed by atoms with Gasteiger partial charge in [0.25, 0.3) is 0 Å². The maximum atomic E-state index is 4.35. The molecule has 1 fully saturated rings. The molecule has 4 nitrogen and oxygen atoms in total. The molecule has 1 aromatic rings. The molecule has 0 spiro atoms. The van der Waals surface area contributed by atoms with Crippen molar-refractivity contribution in [2.45, 2.75) is 37.1 Å². The summed E-state index contributed by atoms with van der Waals surface area (Å²) < 4.78 is 0. The smallest absolute Gasteiger partial charge is 0.191 e. The Morgan fingerprint density at radius 2 is 2.00 bits per heavy atom. The number of hydrogen-bond acceptors (Lipinski definition) is 3. The number of nitrogens with zero attached hydrogens (tertiary/aromatic N) is 2. The molecule has 1 aliphatic rings. The van der Waals surface area contributed by atoms with Crippen LogP contribution in [-0.2, 0) is 0 Å². The Hall–Kier alpha value is -1.20. The average Bonchev–Trinajstić information content (AvgIpc) is 2.60. The van der Waals surface area contributed by atoms with Crippen LogP contribution >= 0.6 is 11.8 Å². The summed E-state index contributed by atoms with van der Waals surface area (Å²) in [7, 11) is 1.85. The van der Waals surface area contributed by atoms with E-state index in [-0.39, 0.29) is 0 Å². The van der Waals surface area contributed by atoms with Crippen molar-refractivity contribution in [2.75, 3.05) is 39.0 Å². The van der Waals surface area contributed by atoms with Crippen LogP contribution in [0.3, 0.4) is 0 Å². The Kier molecular flexibility index (Phi) is 8.32. The molecule has 1 heterocycles. The van der Waals surface area contributed by atoms with E-state index in [1.807, 2.05) is 18.8 Å². The Morgan fingerprint density at radius 1 is 1.26 bits per heavy atom. The maximum Gasteiger partial charge on any atom is 0.191 e. The van der Waals surface area contributed by atoms with Crippen molar-refractivity contribution in [3.8, 4) is 0 Å². The number of guanidine groups is 1. The normalized spacial score (nSPS) is 17.2. The first-order valence-corrected chi connectivity index (χ1v) is 9.67. The molecule has 128 valence electrons. The van der Waals surface area contributed by atoms with Crippen molar-refractivity contribution >= 4 is 17.7 Å². The second-order valence-corrected chi connectivity index (χ2v) is 7.09. The van der Waals surface area contributed by atoms with Gasteiger partial charge in [-0.25, -0.2) is 0 Å². The van der Waals surface area contributed by atoms with Crippen molar-refractivity contribution in [2.24, 2.45) is 4.99 Å². The summed E-state index contributed by atoms with van der Waals surface area (Å²) >= 11 is 1.87. The maximum absolute atomic E-state index is 4.35. The van der Waals surface area contributed by atoms with Crippen molar-refractivity contribution in [1.29, 1.82) is 0 Å². The van der Waals surface area contributed by atoms with Gasteiger partial charge in [-0.2, -0.15) is 0 Å². The summed E-state index contributed by atoms with van der Waals surface area (Å²) in [6.45, 7) is 6.81. The van der Waals surface area contributed by atoms with Crippen molar-refractivity contribution in [3.63, 3.8) is 0 Å². The molecule has 0 atom stereocenters. The van der Waals surface area contributed by atoms with Gasteiger partial charge < -0.3 is 15.5 Å². The molecule has 0 aromatic heterocycles. The Bertz CT molecular complexity index is 455. The van der Waals surface area contributed by atoms with Crippen LogP contribution in [-0.4, -0.2) is 55.9 Å². The van der Waals surface area contributed by atoms with Crippen LogP contribution in [0.4, 0.5) is 0 Å². The molecule has 1 aliphatic heterocycles. The van der Waals surface area contributed by atoms with Crippen LogP contribution in [0.2, 0.25) is 0 Å². The Morgan fingerprint density at radius 3 is 2.65 bits per heavy atom. The average molecular weight is 335 g/mol. The second-order valence-electron chi connectivity index (χ2n) is 5.92. The van der Waals surface area contributed by atoms with Crippen molar-refractivity contribution < 1.29 is 0 Å². The van der Waals surface area contributed by atoms with E-state index in [4.69, 9.17) is 0 Å². The summed E-state index contributed by atoms with van der Waals surface area (Å²) in [5.41, 5.74) is 0. The zero-order chi connectivity index (χ0) is 16.3.